The van der Waals surface area contributed by atoms with Crippen LogP contribution in [0.5, 0.6) is 0 Å². The molecule has 0 aliphatic heterocycles. The van der Waals surface area contributed by atoms with Gasteiger partial charge in [-0.25, -0.2) is 0 Å². The molecule has 2 heteroatoms. The van der Waals surface area contributed by atoms with Gasteiger partial charge in [-0.15, -0.1) is 11.3 Å². The van der Waals surface area contributed by atoms with E-state index in [0.29, 0.717) is 0 Å². The molecule has 12 rings (SSSR count). The van der Waals surface area contributed by atoms with E-state index < -0.39 is 0 Å². The van der Waals surface area contributed by atoms with E-state index in [4.69, 9.17) is 0 Å². The van der Waals surface area contributed by atoms with Crippen LogP contribution in [0.15, 0.2) is 188 Å². The Balaban J connectivity index is 1.07. The lowest BCUT2D eigenvalue weighted by atomic mass is 9.86. The molecule has 250 valence electrons. The summed E-state index contributed by atoms with van der Waals surface area (Å²) < 4.78 is 5.08. The van der Waals surface area contributed by atoms with Crippen LogP contribution >= 0.6 is 11.3 Å². The number of para-hydroxylation sites is 2. The van der Waals surface area contributed by atoms with E-state index in [2.05, 4.69) is 193 Å². The second-order valence-corrected chi connectivity index (χ2v) is 15.4. The van der Waals surface area contributed by atoms with Crippen molar-refractivity contribution in [3.63, 3.8) is 0 Å². The van der Waals surface area contributed by atoms with Crippen molar-refractivity contribution in [1.82, 2.24) is 4.57 Å². The van der Waals surface area contributed by atoms with Crippen LogP contribution < -0.4 is 0 Å². The lowest BCUT2D eigenvalue weighted by Crippen LogP contribution is -1.94. The standard InChI is InChI=1S/C52H31NS/c1-3-17-39-35(13-1)36-14-2-8-22-44(36)52-51(39)45-30-27-33(31-48(45)54-52)50-42-20-6-4-18-40(42)49(41-19-5-7-21-43(41)50)32-25-28-34(29-26-32)53-46-23-11-9-15-37(46)38-16-10-12-24-47(38)53/h1-31H. The Morgan fingerprint density at radius 1 is 0.315 bits per heavy atom. The zero-order valence-corrected chi connectivity index (χ0v) is 30.1. The van der Waals surface area contributed by atoms with E-state index in [9.17, 15) is 0 Å². The molecule has 0 atom stereocenters. The van der Waals surface area contributed by atoms with Crippen molar-refractivity contribution >= 4 is 96.4 Å². The minimum Gasteiger partial charge on any atom is -0.309 e. The van der Waals surface area contributed by atoms with Gasteiger partial charge in [-0.05, 0) is 90.3 Å². The third-order valence-corrected chi connectivity index (χ3v) is 12.7. The van der Waals surface area contributed by atoms with Crippen LogP contribution in [0.25, 0.3) is 113 Å². The molecule has 12 aromatic rings. The van der Waals surface area contributed by atoms with E-state index in [1.165, 1.54) is 113 Å². The summed E-state index contributed by atoms with van der Waals surface area (Å²) in [6.45, 7) is 0. The number of hydrogen-bond donors (Lipinski definition) is 0. The highest BCUT2D eigenvalue weighted by Gasteiger charge is 2.19. The van der Waals surface area contributed by atoms with Gasteiger partial charge in [0, 0.05) is 42.0 Å². The number of thiophene rings is 1. The first-order valence-corrected chi connectivity index (χ1v) is 19.4. The van der Waals surface area contributed by atoms with Gasteiger partial charge in [0.25, 0.3) is 0 Å². The molecule has 2 aromatic heterocycles. The van der Waals surface area contributed by atoms with E-state index >= 15 is 0 Å². The number of rotatable bonds is 3. The average molecular weight is 702 g/mol. The maximum absolute atomic E-state index is 2.44. The number of fused-ring (bicyclic) bond motifs is 13. The van der Waals surface area contributed by atoms with Crippen molar-refractivity contribution in [2.45, 2.75) is 0 Å². The molecule has 0 unspecified atom stereocenters. The van der Waals surface area contributed by atoms with Crippen molar-refractivity contribution in [3.8, 4) is 27.9 Å². The fourth-order valence-corrected chi connectivity index (χ4v) is 10.6. The van der Waals surface area contributed by atoms with E-state index in [1.807, 2.05) is 11.3 Å². The van der Waals surface area contributed by atoms with Crippen LogP contribution in [0, 0.1) is 0 Å². The van der Waals surface area contributed by atoms with Gasteiger partial charge in [0.2, 0.25) is 0 Å². The highest BCUT2D eigenvalue weighted by Crippen LogP contribution is 2.48. The normalized spacial score (nSPS) is 12.1. The van der Waals surface area contributed by atoms with Gasteiger partial charge in [-0.1, -0.05) is 158 Å². The summed E-state index contributed by atoms with van der Waals surface area (Å²) in [7, 11) is 0. The number of aromatic nitrogens is 1. The van der Waals surface area contributed by atoms with Gasteiger partial charge in [-0.3, -0.25) is 0 Å². The second-order valence-electron chi connectivity index (χ2n) is 14.4. The zero-order chi connectivity index (χ0) is 35.3. The van der Waals surface area contributed by atoms with Gasteiger partial charge in [0.15, 0.2) is 0 Å². The molecular weight excluding hydrogens is 671 g/mol. The molecular formula is C52H31NS. The van der Waals surface area contributed by atoms with Crippen LogP contribution in [0.3, 0.4) is 0 Å². The maximum atomic E-state index is 2.44. The third-order valence-electron chi connectivity index (χ3n) is 11.6. The average Bonchev–Trinajstić information content (AvgIpc) is 3.79. The summed E-state index contributed by atoms with van der Waals surface area (Å²) >= 11 is 1.92. The monoisotopic (exact) mass is 701 g/mol. The Hall–Kier alpha value is -6.74. The molecule has 2 heterocycles. The molecule has 1 nitrogen and oxygen atoms in total. The molecule has 0 aliphatic carbocycles. The summed E-state index contributed by atoms with van der Waals surface area (Å²) in [4.78, 5) is 0. The van der Waals surface area contributed by atoms with Crippen LogP contribution in [-0.2, 0) is 0 Å². The Bertz CT molecular complexity index is 3380. The summed E-state index contributed by atoms with van der Waals surface area (Å²) in [6.07, 6.45) is 0. The summed E-state index contributed by atoms with van der Waals surface area (Å²) in [5.74, 6) is 0. The lowest BCUT2D eigenvalue weighted by molar-refractivity contribution is 1.18. The first kappa shape index (κ1) is 29.8. The highest BCUT2D eigenvalue weighted by atomic mass is 32.1. The summed E-state index contributed by atoms with van der Waals surface area (Å²) in [6, 6.07) is 69.5. The molecule has 0 N–H and O–H groups in total. The molecule has 0 radical (unpaired) electrons. The molecule has 0 fully saturated rings. The minimum atomic E-state index is 1.17. The van der Waals surface area contributed by atoms with E-state index in [0.717, 1.165) is 0 Å². The number of hydrogen-bond acceptors (Lipinski definition) is 1. The first-order valence-electron chi connectivity index (χ1n) is 18.6. The smallest absolute Gasteiger partial charge is 0.0541 e. The van der Waals surface area contributed by atoms with Crippen LogP contribution in [0.4, 0.5) is 0 Å². The lowest BCUT2D eigenvalue weighted by Gasteiger charge is -2.18. The van der Waals surface area contributed by atoms with Gasteiger partial charge >= 0.3 is 0 Å². The molecule has 10 aromatic carbocycles. The first-order chi connectivity index (χ1) is 26.8. The Morgan fingerprint density at radius 3 is 1.31 bits per heavy atom. The van der Waals surface area contributed by atoms with E-state index in [-0.39, 0.29) is 0 Å². The van der Waals surface area contributed by atoms with E-state index in [1.54, 1.807) is 0 Å². The predicted octanol–water partition coefficient (Wildman–Crippen LogP) is 15.1. The summed E-state index contributed by atoms with van der Waals surface area (Å²) in [5, 5.41) is 15.6. The minimum absolute atomic E-state index is 1.17. The fraction of sp³-hybridized carbons (Fsp3) is 0. The maximum Gasteiger partial charge on any atom is 0.0541 e. The number of benzene rings is 10. The molecule has 0 spiro atoms. The van der Waals surface area contributed by atoms with Crippen LogP contribution in [-0.4, -0.2) is 4.57 Å². The molecule has 0 saturated heterocycles. The summed E-state index contributed by atoms with van der Waals surface area (Å²) in [5.41, 5.74) is 8.66. The Labute approximate surface area is 315 Å². The topological polar surface area (TPSA) is 4.93 Å². The van der Waals surface area contributed by atoms with Gasteiger partial charge in [0.1, 0.15) is 0 Å². The van der Waals surface area contributed by atoms with Crippen molar-refractivity contribution in [2.75, 3.05) is 0 Å². The SMILES string of the molecule is c1ccc2c(-c3ccc4c(c3)sc3c5ccccc5c5ccccc5c43)c3ccccc3c(-c3ccc(-n4c5ccccc5c5ccccc54)cc3)c2c1. The molecule has 0 saturated carbocycles. The largest absolute Gasteiger partial charge is 0.309 e. The predicted molar refractivity (Wildman–Crippen MR) is 235 cm³/mol. The van der Waals surface area contributed by atoms with Gasteiger partial charge < -0.3 is 4.57 Å². The second kappa shape index (κ2) is 11.4. The quantitative estimate of drug-likeness (QED) is 0.128. The van der Waals surface area contributed by atoms with Crippen molar-refractivity contribution in [2.24, 2.45) is 0 Å². The molecule has 0 amide bonds. The van der Waals surface area contributed by atoms with Crippen LogP contribution in [0.1, 0.15) is 0 Å². The number of nitrogens with zero attached hydrogens (tertiary/aromatic N) is 1. The third kappa shape index (κ3) is 4.14. The zero-order valence-electron chi connectivity index (χ0n) is 29.3. The van der Waals surface area contributed by atoms with Crippen molar-refractivity contribution in [1.29, 1.82) is 0 Å². The van der Waals surface area contributed by atoms with Crippen molar-refractivity contribution < 1.29 is 0 Å². The molecule has 0 bridgehead atoms. The Kier molecular flexibility index (Phi) is 6.28. The van der Waals surface area contributed by atoms with Gasteiger partial charge in [-0.2, -0.15) is 0 Å². The van der Waals surface area contributed by atoms with Crippen LogP contribution in [0.2, 0.25) is 0 Å². The van der Waals surface area contributed by atoms with Gasteiger partial charge in [0.05, 0.1) is 11.0 Å². The Morgan fingerprint density at radius 2 is 0.741 bits per heavy atom. The van der Waals surface area contributed by atoms with Crippen molar-refractivity contribution in [3.05, 3.63) is 188 Å². The molecule has 0 aliphatic rings. The highest BCUT2D eigenvalue weighted by molar-refractivity contribution is 7.27. The molecule has 54 heavy (non-hydrogen) atoms. The fourth-order valence-electron chi connectivity index (χ4n) is 9.29.